The number of nitrogens with zero attached hydrogens (tertiary/aromatic N) is 5. The highest BCUT2D eigenvalue weighted by Crippen LogP contribution is 2.24. The van der Waals surface area contributed by atoms with Crippen LogP contribution in [0.1, 0.15) is 162 Å². The monoisotopic (exact) mass is 1560 g/mol. The van der Waals surface area contributed by atoms with Gasteiger partial charge < -0.3 is 29.8 Å². The molecule has 96 heavy (non-hydrogen) atoms. The van der Waals surface area contributed by atoms with Crippen molar-refractivity contribution in [3.63, 3.8) is 0 Å². The zero-order valence-electron chi connectivity index (χ0n) is 62.4. The molecule has 6 nitrogen and oxygen atoms in total. The molecule has 0 aromatic heterocycles. The number of alkyl halides is 2. The molecule has 9 heteroatoms. The first kappa shape index (κ1) is 123. The van der Waals surface area contributed by atoms with Crippen LogP contribution in [-0.2, 0) is 0 Å². The van der Waals surface area contributed by atoms with Crippen LogP contribution in [0, 0.1) is 0 Å². The quantitative estimate of drug-likeness (QED) is 0.114. The summed E-state index contributed by atoms with van der Waals surface area (Å²) in [4.78, 5) is 10.7. The summed E-state index contributed by atoms with van der Waals surface area (Å²) < 4.78 is 0. The van der Waals surface area contributed by atoms with E-state index in [2.05, 4.69) is 253 Å². The van der Waals surface area contributed by atoms with E-state index < -0.39 is 0 Å². The molecule has 0 aliphatic carbocycles. The molecule has 0 fully saturated rings. The SMILES string of the molecule is C.C.C.C.C.CBr.CBr.CC.CC.CC.CC.CC.CC.CC.CC.CC.CN(C)c1ccccc1.CN(C)c1ccccc1.CN(c1ccccc1)c1ccccc1.CN(c1ccccc1)c1ccccc1.CN(c1ccccc1)c1ccccc1.CNc1ccccc1.I. The number of halogens is 3. The highest BCUT2D eigenvalue weighted by atomic mass is 127. The van der Waals surface area contributed by atoms with Crippen molar-refractivity contribution in [1.29, 1.82) is 0 Å². The minimum Gasteiger partial charge on any atom is -0.388 e. The molecule has 0 spiro atoms. The van der Waals surface area contributed by atoms with E-state index in [1.807, 2.05) is 275 Å². The van der Waals surface area contributed by atoms with Gasteiger partial charge in [-0.3, -0.25) is 0 Å². The van der Waals surface area contributed by atoms with Gasteiger partial charge >= 0.3 is 0 Å². The molecule has 0 unspecified atom stereocenters. The average Bonchev–Trinajstić information content (AvgIpc) is 1.02. The highest BCUT2D eigenvalue weighted by Gasteiger charge is 2.03. The Morgan fingerprint density at radius 1 is 0.198 bits per heavy atom. The maximum Gasteiger partial charge on any atom is 0.0408 e. The Labute approximate surface area is 634 Å². The zero-order valence-corrected chi connectivity index (χ0v) is 67.9. The first-order chi connectivity index (χ1) is 44.2. The van der Waals surface area contributed by atoms with Gasteiger partial charge in [-0.1, -0.05) is 357 Å². The fourth-order valence-corrected chi connectivity index (χ4v) is 6.41. The number of hydrogen-bond donors (Lipinski definition) is 1. The van der Waals surface area contributed by atoms with Crippen LogP contribution in [0.4, 0.5) is 51.2 Å². The van der Waals surface area contributed by atoms with Gasteiger partial charge in [-0.15, -0.1) is 24.0 Å². The van der Waals surface area contributed by atoms with E-state index in [4.69, 9.17) is 0 Å². The molecular weight excluding hydrogens is 1420 g/mol. The lowest BCUT2D eigenvalue weighted by molar-refractivity contribution is 1.13. The fraction of sp³-hybridized carbons (Fsp3) is 0.379. The minimum atomic E-state index is 0. The van der Waals surface area contributed by atoms with Gasteiger partial charge in [-0.25, -0.2) is 0 Å². The molecule has 0 amide bonds. The third-order valence-corrected chi connectivity index (χ3v) is 10.5. The number of hydrogen-bond acceptors (Lipinski definition) is 6. The Morgan fingerprint density at radius 2 is 0.302 bits per heavy atom. The summed E-state index contributed by atoms with van der Waals surface area (Å²) in [5.41, 5.74) is 10.9. The van der Waals surface area contributed by atoms with Crippen molar-refractivity contribution in [2.75, 3.05) is 97.9 Å². The lowest BCUT2D eigenvalue weighted by Gasteiger charge is -2.18. The lowest BCUT2D eigenvalue weighted by atomic mass is 10.2. The molecule has 0 aliphatic rings. The molecule has 0 aliphatic heterocycles. The van der Waals surface area contributed by atoms with Crippen molar-refractivity contribution < 1.29 is 0 Å². The maximum absolute atomic E-state index is 3.03. The van der Waals surface area contributed by atoms with E-state index in [0.717, 1.165) is 5.69 Å². The van der Waals surface area contributed by atoms with Crippen LogP contribution in [0.3, 0.4) is 0 Å². The smallest absolute Gasteiger partial charge is 0.0408 e. The van der Waals surface area contributed by atoms with Gasteiger partial charge in [-0.2, -0.15) is 0 Å². The number of anilines is 9. The normalized spacial score (nSPS) is 7.40. The molecule has 0 radical (unpaired) electrons. The standard InChI is InChI=1S/3C13H13N.2C8H11N.C7H9N.9C2H6.2CH3Br.5CH4.HI/c3*1-14(12-8-4-2-5-9-12)13-10-6-3-7-11-13;2*1-9(2)8-6-4-3-5-7-8;1-8-7-5-3-2-4-6-7;11*1-2;;;;;;/h3*2-11H,1H3;2*3-7H,1-2H3;2-6,8H,1H3;9*1-2H3;2*1H3;5*1H4;1H. The van der Waals surface area contributed by atoms with E-state index in [0.29, 0.717) is 0 Å². The van der Waals surface area contributed by atoms with Crippen LogP contribution in [-0.4, -0.2) is 68.0 Å². The second-order valence-electron chi connectivity index (χ2n) is 15.8. The zero-order chi connectivity index (χ0) is 70.6. The van der Waals surface area contributed by atoms with Crippen LogP contribution < -0.4 is 29.8 Å². The molecule has 9 aromatic carbocycles. The van der Waals surface area contributed by atoms with Gasteiger partial charge in [-0.05, 0) is 121 Å². The van der Waals surface area contributed by atoms with Crippen molar-refractivity contribution in [3.05, 3.63) is 273 Å². The van der Waals surface area contributed by atoms with E-state index in [9.17, 15) is 0 Å². The molecule has 0 atom stereocenters. The molecule has 0 saturated heterocycles. The van der Waals surface area contributed by atoms with Crippen LogP contribution in [0.2, 0.25) is 0 Å². The van der Waals surface area contributed by atoms with Gasteiger partial charge in [0.2, 0.25) is 0 Å². The third-order valence-electron chi connectivity index (χ3n) is 10.5. The Kier molecular flexibility index (Phi) is 131. The van der Waals surface area contributed by atoms with E-state index in [-0.39, 0.29) is 61.1 Å². The van der Waals surface area contributed by atoms with E-state index in [1.165, 1.54) is 45.5 Å². The topological polar surface area (TPSA) is 28.2 Å². The van der Waals surface area contributed by atoms with E-state index in [1.54, 1.807) is 0 Å². The number of rotatable bonds is 9. The van der Waals surface area contributed by atoms with Crippen molar-refractivity contribution in [3.8, 4) is 0 Å². The summed E-state index contributed by atoms with van der Waals surface area (Å²) in [6, 6.07) is 92.6. The number of benzene rings is 9. The molecule has 1 N–H and O–H groups in total. The third kappa shape index (κ3) is 66.1. The molecule has 0 bridgehead atoms. The average molecular weight is 1570 g/mol. The summed E-state index contributed by atoms with van der Waals surface area (Å²) in [5, 5.41) is 3.03. The van der Waals surface area contributed by atoms with Gasteiger partial charge in [0, 0.05) is 108 Å². The van der Waals surface area contributed by atoms with Crippen molar-refractivity contribution >= 4 is 107 Å². The summed E-state index contributed by atoms with van der Waals surface area (Å²) in [6.07, 6.45) is 0. The fourth-order valence-electron chi connectivity index (χ4n) is 6.41. The summed E-state index contributed by atoms with van der Waals surface area (Å²) in [7, 11) is 16.3. The molecule has 0 heterocycles. The first-order valence-corrected chi connectivity index (χ1v) is 35.8. The Bertz CT molecular complexity index is 2220. The highest BCUT2D eigenvalue weighted by molar-refractivity contribution is 14.0. The number of nitrogens with one attached hydrogen (secondary N) is 1. The first-order valence-electron chi connectivity index (χ1n) is 32.6. The van der Waals surface area contributed by atoms with Crippen molar-refractivity contribution in [1.82, 2.24) is 0 Å². The molecule has 9 rings (SSSR count). The predicted octanol–water partition coefficient (Wildman–Crippen LogP) is 30.7. The number of para-hydroxylation sites is 9. The second kappa shape index (κ2) is 102. The van der Waals surface area contributed by atoms with Crippen LogP contribution in [0.5, 0.6) is 0 Å². The van der Waals surface area contributed by atoms with Crippen LogP contribution in [0.25, 0.3) is 0 Å². The molecular formula is C87H151Br2IN6. The summed E-state index contributed by atoms with van der Waals surface area (Å²) in [5.74, 6) is 3.62. The summed E-state index contributed by atoms with van der Waals surface area (Å²) in [6.45, 7) is 36.0. The molecule has 9 aromatic rings. The van der Waals surface area contributed by atoms with Gasteiger partial charge in [0.15, 0.2) is 0 Å². The van der Waals surface area contributed by atoms with Crippen molar-refractivity contribution in [2.24, 2.45) is 0 Å². The molecule has 550 valence electrons. The predicted molar refractivity (Wildman–Crippen MR) is 481 cm³/mol. The Morgan fingerprint density at radius 3 is 0.385 bits per heavy atom. The largest absolute Gasteiger partial charge is 0.388 e. The lowest BCUT2D eigenvalue weighted by Crippen LogP contribution is -2.08. The Hall–Kier alpha value is -6.53. The van der Waals surface area contributed by atoms with Gasteiger partial charge in [0.1, 0.15) is 0 Å². The van der Waals surface area contributed by atoms with Gasteiger partial charge in [0.25, 0.3) is 0 Å². The second-order valence-corrected chi connectivity index (χ2v) is 15.8. The summed E-state index contributed by atoms with van der Waals surface area (Å²) >= 11 is 5.88. The minimum absolute atomic E-state index is 0. The van der Waals surface area contributed by atoms with Gasteiger partial charge in [0.05, 0.1) is 0 Å². The Balaban J connectivity index is -0.0000000658. The van der Waals surface area contributed by atoms with Crippen molar-refractivity contribution in [2.45, 2.75) is 162 Å². The van der Waals surface area contributed by atoms with Crippen LogP contribution >= 0.6 is 55.8 Å². The van der Waals surface area contributed by atoms with E-state index >= 15 is 0 Å². The van der Waals surface area contributed by atoms with Crippen LogP contribution in [0.15, 0.2) is 273 Å². The maximum atomic E-state index is 3.03. The molecule has 0 saturated carbocycles.